The summed E-state index contributed by atoms with van der Waals surface area (Å²) in [5.41, 5.74) is 3.28. The molecule has 3 nitrogen and oxygen atoms in total. The molecule has 4 heteroatoms. The van der Waals surface area contributed by atoms with Gasteiger partial charge in [0.15, 0.2) is 0 Å². The van der Waals surface area contributed by atoms with Gasteiger partial charge in [-0.1, -0.05) is 36.2 Å². The lowest BCUT2D eigenvalue weighted by Crippen LogP contribution is -2.38. The maximum Gasteiger partial charge on any atom is 0.226 e. The largest absolute Gasteiger partial charge is 0.334 e. The van der Waals surface area contributed by atoms with Crippen molar-refractivity contribution in [1.82, 2.24) is 9.88 Å². The summed E-state index contributed by atoms with van der Waals surface area (Å²) < 4.78 is 0. The van der Waals surface area contributed by atoms with E-state index in [0.717, 1.165) is 55.1 Å². The molecule has 1 amide bonds. The molecule has 1 saturated carbocycles. The molecule has 130 valence electrons. The molecule has 2 heterocycles. The van der Waals surface area contributed by atoms with E-state index in [9.17, 15) is 4.79 Å². The first-order valence-corrected chi connectivity index (χ1v) is 9.59. The van der Waals surface area contributed by atoms with Gasteiger partial charge in [0.05, 0.1) is 11.7 Å². The number of pyridine rings is 1. The van der Waals surface area contributed by atoms with Crippen molar-refractivity contribution in [3.05, 3.63) is 64.4 Å². The van der Waals surface area contributed by atoms with Crippen LogP contribution in [0.25, 0.3) is 0 Å². The van der Waals surface area contributed by atoms with Crippen molar-refractivity contribution in [3.63, 3.8) is 0 Å². The summed E-state index contributed by atoms with van der Waals surface area (Å²) in [5, 5.41) is 0.751. The van der Waals surface area contributed by atoms with Crippen LogP contribution in [0.4, 0.5) is 0 Å². The van der Waals surface area contributed by atoms with Crippen molar-refractivity contribution in [2.75, 3.05) is 6.54 Å². The van der Waals surface area contributed by atoms with Gasteiger partial charge in [0.1, 0.15) is 0 Å². The highest BCUT2D eigenvalue weighted by atomic mass is 35.5. The zero-order valence-electron chi connectivity index (χ0n) is 14.3. The van der Waals surface area contributed by atoms with Crippen LogP contribution in [0.2, 0.25) is 5.02 Å². The number of hydrogen-bond acceptors (Lipinski definition) is 2. The molecule has 2 aromatic rings. The number of aromatic nitrogens is 1. The third kappa shape index (κ3) is 3.57. The van der Waals surface area contributed by atoms with Crippen LogP contribution in [0.15, 0.2) is 42.5 Å². The molecule has 1 aliphatic heterocycles. The molecular formula is C21H23ClN2O. The van der Waals surface area contributed by atoms with Crippen LogP contribution in [0.1, 0.15) is 55.1 Å². The number of carbonyl (C=O) groups excluding carboxylic acids is 1. The first-order valence-electron chi connectivity index (χ1n) is 9.21. The van der Waals surface area contributed by atoms with E-state index in [0.29, 0.717) is 5.91 Å². The topological polar surface area (TPSA) is 33.2 Å². The minimum Gasteiger partial charge on any atom is -0.334 e. The Kier molecular flexibility index (Phi) is 4.76. The van der Waals surface area contributed by atoms with E-state index in [1.165, 1.54) is 12.0 Å². The second-order valence-electron chi connectivity index (χ2n) is 7.17. The van der Waals surface area contributed by atoms with Gasteiger partial charge < -0.3 is 4.90 Å². The van der Waals surface area contributed by atoms with Crippen molar-refractivity contribution in [3.8, 4) is 0 Å². The lowest BCUT2D eigenvalue weighted by Gasteiger charge is -2.32. The van der Waals surface area contributed by atoms with Crippen molar-refractivity contribution in [2.24, 2.45) is 5.92 Å². The number of nitrogens with zero attached hydrogens (tertiary/aromatic N) is 2. The third-order valence-corrected chi connectivity index (χ3v) is 5.71. The maximum absolute atomic E-state index is 12.7. The minimum absolute atomic E-state index is 0.151. The van der Waals surface area contributed by atoms with Crippen molar-refractivity contribution in [2.45, 2.75) is 44.6 Å². The Morgan fingerprint density at radius 2 is 1.88 bits per heavy atom. The first-order chi connectivity index (χ1) is 12.2. The highest BCUT2D eigenvalue weighted by Gasteiger charge is 2.36. The number of amides is 1. The summed E-state index contributed by atoms with van der Waals surface area (Å²) in [6.45, 7) is 0.878. The van der Waals surface area contributed by atoms with Gasteiger partial charge in [-0.3, -0.25) is 9.78 Å². The van der Waals surface area contributed by atoms with E-state index in [2.05, 4.69) is 23.1 Å². The lowest BCUT2D eigenvalue weighted by molar-refractivity contribution is -0.139. The van der Waals surface area contributed by atoms with Crippen molar-refractivity contribution >= 4 is 17.5 Å². The smallest absolute Gasteiger partial charge is 0.226 e. The van der Waals surface area contributed by atoms with Gasteiger partial charge in [-0.2, -0.15) is 0 Å². The Bertz CT molecular complexity index is 755. The fourth-order valence-corrected chi connectivity index (χ4v) is 3.95. The average Bonchev–Trinajstić information content (AvgIpc) is 3.05. The monoisotopic (exact) mass is 354 g/mol. The van der Waals surface area contributed by atoms with Crippen molar-refractivity contribution in [1.29, 1.82) is 0 Å². The fourth-order valence-electron chi connectivity index (χ4n) is 3.82. The predicted molar refractivity (Wildman–Crippen MR) is 99.5 cm³/mol. The van der Waals surface area contributed by atoms with E-state index in [1.807, 2.05) is 24.3 Å². The quantitative estimate of drug-likeness (QED) is 0.790. The minimum atomic E-state index is 0.151. The second kappa shape index (κ2) is 7.17. The molecule has 1 saturated heterocycles. The van der Waals surface area contributed by atoms with Gasteiger partial charge in [0.2, 0.25) is 5.91 Å². The Balaban J connectivity index is 1.51. The number of hydrogen-bond donors (Lipinski definition) is 0. The molecular weight excluding hydrogens is 332 g/mol. The highest BCUT2D eigenvalue weighted by Crippen LogP contribution is 2.36. The summed E-state index contributed by atoms with van der Waals surface area (Å²) in [6, 6.07) is 14.3. The number of carbonyl (C=O) groups is 1. The SMILES string of the molecule is O=C(C1CCC1)N1CCC[C@H]1c1cccc(Cc2ccc(Cl)cc2)n1. The predicted octanol–water partition coefficient (Wildman–Crippen LogP) is 4.79. The highest BCUT2D eigenvalue weighted by molar-refractivity contribution is 6.30. The van der Waals surface area contributed by atoms with Crippen LogP contribution in [0.3, 0.4) is 0 Å². The summed E-state index contributed by atoms with van der Waals surface area (Å²) in [6.07, 6.45) is 6.21. The summed E-state index contributed by atoms with van der Waals surface area (Å²) >= 11 is 5.96. The zero-order chi connectivity index (χ0) is 17.2. The normalized spacial score (nSPS) is 20.5. The number of benzene rings is 1. The zero-order valence-corrected chi connectivity index (χ0v) is 15.1. The van der Waals surface area contributed by atoms with Crippen LogP contribution < -0.4 is 0 Å². The average molecular weight is 355 g/mol. The van der Waals surface area contributed by atoms with Gasteiger partial charge in [0.25, 0.3) is 0 Å². The summed E-state index contributed by atoms with van der Waals surface area (Å²) in [7, 11) is 0. The van der Waals surface area contributed by atoms with Crippen LogP contribution >= 0.6 is 11.6 Å². The van der Waals surface area contributed by atoms with Crippen molar-refractivity contribution < 1.29 is 4.79 Å². The van der Waals surface area contributed by atoms with E-state index in [1.54, 1.807) is 0 Å². The van der Waals surface area contributed by atoms with E-state index in [4.69, 9.17) is 16.6 Å². The molecule has 0 spiro atoms. The Morgan fingerprint density at radius 1 is 1.08 bits per heavy atom. The van der Waals surface area contributed by atoms with Crippen LogP contribution in [0, 0.1) is 5.92 Å². The molecule has 0 radical (unpaired) electrons. The molecule has 0 N–H and O–H groups in total. The van der Waals surface area contributed by atoms with E-state index in [-0.39, 0.29) is 12.0 Å². The fraction of sp³-hybridized carbons (Fsp3) is 0.429. The molecule has 2 aliphatic rings. The molecule has 25 heavy (non-hydrogen) atoms. The van der Waals surface area contributed by atoms with Gasteiger partial charge in [-0.25, -0.2) is 0 Å². The van der Waals surface area contributed by atoms with E-state index < -0.39 is 0 Å². The van der Waals surface area contributed by atoms with Gasteiger partial charge >= 0.3 is 0 Å². The molecule has 2 fully saturated rings. The molecule has 1 atom stereocenters. The number of rotatable bonds is 4. The molecule has 0 unspecified atom stereocenters. The number of likely N-dealkylation sites (tertiary alicyclic amines) is 1. The maximum atomic E-state index is 12.7. The Morgan fingerprint density at radius 3 is 2.60 bits per heavy atom. The Hall–Kier alpha value is -1.87. The number of halogens is 1. The van der Waals surface area contributed by atoms with Gasteiger partial charge in [-0.05, 0) is 55.5 Å². The van der Waals surface area contributed by atoms with Crippen LogP contribution in [0.5, 0.6) is 0 Å². The summed E-state index contributed by atoms with van der Waals surface area (Å²) in [5.74, 6) is 0.608. The molecule has 1 aromatic heterocycles. The Labute approximate surface area is 154 Å². The van der Waals surface area contributed by atoms with Gasteiger partial charge in [0, 0.05) is 29.6 Å². The standard InChI is InChI=1S/C21H23ClN2O/c22-17-11-9-15(10-12-17)14-18-6-2-7-19(23-18)20-8-3-13-24(20)21(25)16-4-1-5-16/h2,6-7,9-12,16,20H,1,3-5,8,13-14H2/t20-/m0/s1. The van der Waals surface area contributed by atoms with E-state index >= 15 is 0 Å². The molecule has 4 rings (SSSR count). The second-order valence-corrected chi connectivity index (χ2v) is 7.61. The van der Waals surface area contributed by atoms with Crippen LogP contribution in [-0.2, 0) is 11.2 Å². The molecule has 1 aliphatic carbocycles. The van der Waals surface area contributed by atoms with Gasteiger partial charge in [-0.15, -0.1) is 0 Å². The first kappa shape index (κ1) is 16.6. The molecule has 0 bridgehead atoms. The molecule has 1 aromatic carbocycles. The third-order valence-electron chi connectivity index (χ3n) is 5.46. The summed E-state index contributed by atoms with van der Waals surface area (Å²) in [4.78, 5) is 19.7. The van der Waals surface area contributed by atoms with Crippen LogP contribution in [-0.4, -0.2) is 22.3 Å². The lowest BCUT2D eigenvalue weighted by atomic mass is 9.84.